The molecule has 0 spiro atoms. The van der Waals surface area contributed by atoms with Crippen LogP contribution in [0.1, 0.15) is 25.7 Å². The highest BCUT2D eigenvalue weighted by molar-refractivity contribution is 5.76. The quantitative estimate of drug-likeness (QED) is 0.727. The summed E-state index contributed by atoms with van der Waals surface area (Å²) in [5.41, 5.74) is 7.67. The summed E-state index contributed by atoms with van der Waals surface area (Å²) in [5, 5.41) is 0. The lowest BCUT2D eigenvalue weighted by Crippen LogP contribution is -2.46. The molecule has 1 aliphatic heterocycles. The van der Waals surface area contributed by atoms with Gasteiger partial charge in [0.15, 0.2) is 0 Å². The Morgan fingerprint density at radius 2 is 1.89 bits per heavy atom. The first-order valence-electron chi connectivity index (χ1n) is 9.31. The van der Waals surface area contributed by atoms with Crippen molar-refractivity contribution in [1.29, 1.82) is 0 Å². The molecule has 1 aliphatic rings. The summed E-state index contributed by atoms with van der Waals surface area (Å²) in [5.74, 6) is 1.90. The number of nitrogens with one attached hydrogen (secondary N) is 1. The number of aromatic amines is 1. The van der Waals surface area contributed by atoms with E-state index in [0.29, 0.717) is 11.9 Å². The molecule has 1 fully saturated rings. The van der Waals surface area contributed by atoms with Gasteiger partial charge in [-0.05, 0) is 26.0 Å². The number of para-hydroxylation sites is 2. The lowest BCUT2D eigenvalue weighted by atomic mass is 10.3. The van der Waals surface area contributed by atoms with Crippen molar-refractivity contribution in [2.45, 2.75) is 26.4 Å². The Balaban J connectivity index is 1.49. The molecule has 8 heteroatoms. The largest absolute Gasteiger partial charge is 0.369 e. The molecular formula is C19H25N7O. The van der Waals surface area contributed by atoms with Crippen molar-refractivity contribution in [3.63, 3.8) is 0 Å². The first kappa shape index (κ1) is 17.5. The Hall–Kier alpha value is -2.87. The van der Waals surface area contributed by atoms with Crippen LogP contribution in [0, 0.1) is 0 Å². The van der Waals surface area contributed by atoms with Gasteiger partial charge >= 0.3 is 0 Å². The molecule has 0 saturated carbocycles. The number of rotatable bonds is 4. The average Bonchev–Trinajstić information content (AvgIpc) is 2.99. The van der Waals surface area contributed by atoms with Crippen molar-refractivity contribution in [2.24, 2.45) is 0 Å². The van der Waals surface area contributed by atoms with Crippen LogP contribution in [0.15, 0.2) is 35.1 Å². The van der Waals surface area contributed by atoms with Crippen molar-refractivity contribution < 1.29 is 0 Å². The van der Waals surface area contributed by atoms with Gasteiger partial charge in [0.25, 0.3) is 5.56 Å². The molecule has 4 rings (SSSR count). The van der Waals surface area contributed by atoms with Crippen LogP contribution in [-0.2, 0) is 6.54 Å². The summed E-state index contributed by atoms with van der Waals surface area (Å²) in [4.78, 5) is 27.7. The molecule has 0 radical (unpaired) electrons. The molecule has 3 heterocycles. The monoisotopic (exact) mass is 367 g/mol. The van der Waals surface area contributed by atoms with Gasteiger partial charge in [0.05, 0.1) is 17.6 Å². The van der Waals surface area contributed by atoms with Crippen molar-refractivity contribution >= 4 is 22.8 Å². The molecule has 1 aromatic carbocycles. The molecule has 3 aromatic rings. The molecule has 8 nitrogen and oxygen atoms in total. The Morgan fingerprint density at radius 1 is 1.15 bits per heavy atom. The van der Waals surface area contributed by atoms with Gasteiger partial charge in [-0.3, -0.25) is 14.7 Å². The highest BCUT2D eigenvalue weighted by Crippen LogP contribution is 2.22. The second-order valence-electron chi connectivity index (χ2n) is 7.23. The second kappa shape index (κ2) is 7.03. The van der Waals surface area contributed by atoms with E-state index >= 15 is 0 Å². The molecule has 0 unspecified atom stereocenters. The highest BCUT2D eigenvalue weighted by Gasteiger charge is 2.21. The minimum absolute atomic E-state index is 0.158. The molecule has 1 saturated heterocycles. The summed E-state index contributed by atoms with van der Waals surface area (Å²) in [7, 11) is 0. The minimum atomic E-state index is -0.217. The van der Waals surface area contributed by atoms with Crippen LogP contribution in [0.3, 0.4) is 0 Å². The zero-order valence-corrected chi connectivity index (χ0v) is 15.7. The summed E-state index contributed by atoms with van der Waals surface area (Å²) in [6, 6.07) is 10.2. The fourth-order valence-corrected chi connectivity index (χ4v) is 3.74. The highest BCUT2D eigenvalue weighted by atomic mass is 16.1. The third-order valence-electron chi connectivity index (χ3n) is 4.99. The van der Waals surface area contributed by atoms with Gasteiger partial charge in [0.2, 0.25) is 5.95 Å². The molecule has 3 N–H and O–H groups in total. The fourth-order valence-electron chi connectivity index (χ4n) is 3.74. The zero-order chi connectivity index (χ0) is 19.0. The van der Waals surface area contributed by atoms with E-state index in [0.717, 1.165) is 44.1 Å². The number of anilines is 2. The normalized spacial score (nSPS) is 15.7. The topological polar surface area (TPSA) is 96.1 Å². The van der Waals surface area contributed by atoms with E-state index in [1.165, 1.54) is 11.6 Å². The van der Waals surface area contributed by atoms with E-state index in [1.54, 1.807) is 0 Å². The van der Waals surface area contributed by atoms with Crippen molar-refractivity contribution in [3.05, 3.63) is 46.5 Å². The number of piperazine rings is 1. The number of hydrogen-bond donors (Lipinski definition) is 2. The summed E-state index contributed by atoms with van der Waals surface area (Å²) < 4.78 is 2.32. The molecular weight excluding hydrogens is 342 g/mol. The van der Waals surface area contributed by atoms with Crippen LogP contribution in [0.4, 0.5) is 11.8 Å². The van der Waals surface area contributed by atoms with Crippen LogP contribution >= 0.6 is 0 Å². The fraction of sp³-hybridized carbons (Fsp3) is 0.421. The number of hydrogen-bond acceptors (Lipinski definition) is 6. The number of fused-ring (bicyclic) bond motifs is 1. The number of nitrogen functional groups attached to an aromatic ring is 1. The second-order valence-corrected chi connectivity index (χ2v) is 7.23. The van der Waals surface area contributed by atoms with E-state index in [9.17, 15) is 4.79 Å². The predicted molar refractivity (Wildman–Crippen MR) is 107 cm³/mol. The third kappa shape index (κ3) is 3.52. The lowest BCUT2D eigenvalue weighted by Gasteiger charge is -2.35. The Bertz CT molecular complexity index is 999. The number of aromatic nitrogens is 4. The van der Waals surface area contributed by atoms with E-state index in [4.69, 9.17) is 10.7 Å². The van der Waals surface area contributed by atoms with Crippen molar-refractivity contribution in [3.8, 4) is 0 Å². The maximum Gasteiger partial charge on any atom is 0.254 e. The molecule has 0 amide bonds. The molecule has 27 heavy (non-hydrogen) atoms. The standard InChI is InChI=1S/C19H25N7O/c1-13(2)26-15-6-4-3-5-14(15)21-17(26)12-24-7-9-25(10-8-24)16-11-18(27)23-19(20)22-16/h3-6,11,13H,7-10,12H2,1-2H3,(H3,20,22,23,27). The van der Waals surface area contributed by atoms with E-state index < -0.39 is 0 Å². The summed E-state index contributed by atoms with van der Waals surface area (Å²) in [6.07, 6.45) is 0. The average molecular weight is 367 g/mol. The van der Waals surface area contributed by atoms with Crippen LogP contribution < -0.4 is 16.2 Å². The van der Waals surface area contributed by atoms with Crippen LogP contribution in [0.25, 0.3) is 11.0 Å². The van der Waals surface area contributed by atoms with Gasteiger partial charge in [0, 0.05) is 38.3 Å². The number of nitrogens with two attached hydrogens (primary N) is 1. The lowest BCUT2D eigenvalue weighted by molar-refractivity contribution is 0.239. The first-order valence-corrected chi connectivity index (χ1v) is 9.31. The zero-order valence-electron chi connectivity index (χ0n) is 15.7. The summed E-state index contributed by atoms with van der Waals surface area (Å²) >= 11 is 0. The van der Waals surface area contributed by atoms with Gasteiger partial charge in [-0.25, -0.2) is 4.98 Å². The van der Waals surface area contributed by atoms with Gasteiger partial charge in [-0.15, -0.1) is 0 Å². The Labute approximate surface area is 157 Å². The Kier molecular flexibility index (Phi) is 4.57. The number of nitrogens with zero attached hydrogens (tertiary/aromatic N) is 5. The third-order valence-corrected chi connectivity index (χ3v) is 4.99. The van der Waals surface area contributed by atoms with E-state index in [1.807, 2.05) is 6.07 Å². The maximum absolute atomic E-state index is 11.6. The van der Waals surface area contributed by atoms with E-state index in [-0.39, 0.29) is 11.5 Å². The number of imidazole rings is 1. The van der Waals surface area contributed by atoms with Gasteiger partial charge < -0.3 is 15.2 Å². The van der Waals surface area contributed by atoms with Crippen LogP contribution in [-0.4, -0.2) is 50.6 Å². The van der Waals surface area contributed by atoms with Crippen molar-refractivity contribution in [2.75, 3.05) is 36.8 Å². The van der Waals surface area contributed by atoms with Gasteiger partial charge in [-0.1, -0.05) is 12.1 Å². The number of H-pyrrole nitrogens is 1. The van der Waals surface area contributed by atoms with Gasteiger partial charge in [0.1, 0.15) is 11.6 Å². The SMILES string of the molecule is CC(C)n1c(CN2CCN(c3cc(=O)[nH]c(N)n3)CC2)nc2ccccc21. The van der Waals surface area contributed by atoms with E-state index in [2.05, 4.69) is 56.4 Å². The minimum Gasteiger partial charge on any atom is -0.369 e. The predicted octanol–water partition coefficient (Wildman–Crippen LogP) is 1.60. The van der Waals surface area contributed by atoms with Crippen LogP contribution in [0.5, 0.6) is 0 Å². The molecule has 0 bridgehead atoms. The first-order chi connectivity index (χ1) is 13.0. The molecule has 142 valence electrons. The van der Waals surface area contributed by atoms with Gasteiger partial charge in [-0.2, -0.15) is 4.98 Å². The molecule has 0 aliphatic carbocycles. The van der Waals surface area contributed by atoms with Crippen molar-refractivity contribution in [1.82, 2.24) is 24.4 Å². The number of benzene rings is 1. The maximum atomic E-state index is 11.6. The smallest absolute Gasteiger partial charge is 0.254 e. The summed E-state index contributed by atoms with van der Waals surface area (Å²) in [6.45, 7) is 8.57. The Morgan fingerprint density at radius 3 is 2.59 bits per heavy atom. The molecule has 2 aromatic heterocycles. The molecule has 0 atom stereocenters. The van der Waals surface area contributed by atoms with Crippen LogP contribution in [0.2, 0.25) is 0 Å².